The minimum atomic E-state index is 0.828. The van der Waals surface area contributed by atoms with Gasteiger partial charge in [-0.05, 0) is 18.5 Å². The van der Waals surface area contributed by atoms with Crippen LogP contribution in [0, 0.1) is 0 Å². The molecule has 0 fully saturated rings. The van der Waals surface area contributed by atoms with Crippen LogP contribution in [0.4, 0.5) is 5.69 Å². The van der Waals surface area contributed by atoms with Gasteiger partial charge in [0.15, 0.2) is 0 Å². The Bertz CT molecular complexity index is 325. The maximum Gasteiger partial charge on any atom is 0.0716 e. The summed E-state index contributed by atoms with van der Waals surface area (Å²) in [6.45, 7) is 1.82. The Morgan fingerprint density at radius 1 is 1.62 bits per heavy atom. The first-order chi connectivity index (χ1) is 6.33. The summed E-state index contributed by atoms with van der Waals surface area (Å²) in [4.78, 5) is 4.34. The van der Waals surface area contributed by atoms with E-state index in [4.69, 9.17) is 11.6 Å². The van der Waals surface area contributed by atoms with E-state index in [2.05, 4.69) is 15.6 Å². The number of anilines is 1. The lowest BCUT2D eigenvalue weighted by molar-refractivity contribution is 0.628. The maximum absolute atomic E-state index is 6.20. The Labute approximate surface area is 82.5 Å². The molecule has 0 saturated heterocycles. The summed E-state index contributed by atoms with van der Waals surface area (Å²) >= 11 is 6.20. The third-order valence-electron chi connectivity index (χ3n) is 2.31. The molecule has 0 aliphatic carbocycles. The molecule has 0 saturated carbocycles. The lowest BCUT2D eigenvalue weighted by Crippen LogP contribution is -2.25. The molecule has 1 aliphatic rings. The molecule has 0 unspecified atom stereocenters. The molecule has 2 rings (SSSR count). The average molecular weight is 198 g/mol. The number of hydrogen-bond acceptors (Lipinski definition) is 3. The summed E-state index contributed by atoms with van der Waals surface area (Å²) in [5, 5.41) is 7.12. The molecule has 0 aromatic carbocycles. The normalized spacial score (nSPS) is 15.2. The second-order valence-corrected chi connectivity index (χ2v) is 3.47. The van der Waals surface area contributed by atoms with Crippen LogP contribution in [-0.2, 0) is 13.0 Å². The van der Waals surface area contributed by atoms with Gasteiger partial charge >= 0.3 is 0 Å². The molecule has 4 heteroatoms. The van der Waals surface area contributed by atoms with Gasteiger partial charge in [0.2, 0.25) is 0 Å². The predicted octanol–water partition coefficient (Wildman–Crippen LogP) is 1.42. The molecule has 0 bridgehead atoms. The lowest BCUT2D eigenvalue weighted by Gasteiger charge is -2.18. The summed E-state index contributed by atoms with van der Waals surface area (Å²) < 4.78 is 0. The molecule has 0 atom stereocenters. The van der Waals surface area contributed by atoms with Gasteiger partial charge < -0.3 is 10.6 Å². The highest BCUT2D eigenvalue weighted by molar-refractivity contribution is 6.34. The van der Waals surface area contributed by atoms with Crippen LogP contribution in [0.3, 0.4) is 0 Å². The summed E-state index contributed by atoms with van der Waals surface area (Å²) in [5.41, 5.74) is 3.19. The molecule has 0 radical (unpaired) electrons. The fraction of sp³-hybridized carbons (Fsp3) is 0.444. The first-order valence-electron chi connectivity index (χ1n) is 4.37. The smallest absolute Gasteiger partial charge is 0.0716 e. The minimum Gasteiger partial charge on any atom is -0.386 e. The summed E-state index contributed by atoms with van der Waals surface area (Å²) in [5.74, 6) is 0. The quantitative estimate of drug-likeness (QED) is 0.715. The van der Waals surface area contributed by atoms with E-state index in [1.54, 1.807) is 6.20 Å². The number of hydrogen-bond donors (Lipinski definition) is 2. The number of nitrogens with zero attached hydrogens (tertiary/aromatic N) is 1. The number of rotatable bonds is 1. The van der Waals surface area contributed by atoms with Crippen LogP contribution in [0.15, 0.2) is 6.20 Å². The van der Waals surface area contributed by atoms with E-state index >= 15 is 0 Å². The third kappa shape index (κ3) is 1.49. The Hall–Kier alpha value is -0.800. The number of halogens is 1. The van der Waals surface area contributed by atoms with Crippen LogP contribution >= 0.6 is 11.6 Å². The minimum absolute atomic E-state index is 0.828. The Balaban J connectivity index is 2.48. The van der Waals surface area contributed by atoms with Crippen LogP contribution in [0.5, 0.6) is 0 Å². The average Bonchev–Trinajstić information content (AvgIpc) is 2.19. The van der Waals surface area contributed by atoms with Gasteiger partial charge in [0.25, 0.3) is 0 Å². The van der Waals surface area contributed by atoms with Crippen molar-refractivity contribution in [1.82, 2.24) is 10.3 Å². The van der Waals surface area contributed by atoms with Crippen LogP contribution < -0.4 is 10.6 Å². The summed E-state index contributed by atoms with van der Waals surface area (Å²) in [7, 11) is 1.86. The Morgan fingerprint density at radius 3 is 3.23 bits per heavy atom. The van der Waals surface area contributed by atoms with Crippen molar-refractivity contribution < 1.29 is 0 Å². The van der Waals surface area contributed by atoms with Gasteiger partial charge in [-0.25, -0.2) is 0 Å². The first-order valence-corrected chi connectivity index (χ1v) is 4.75. The largest absolute Gasteiger partial charge is 0.386 e. The molecule has 1 aromatic heterocycles. The molecular formula is C9H12ClN3. The Morgan fingerprint density at radius 2 is 2.46 bits per heavy atom. The van der Waals surface area contributed by atoms with E-state index < -0.39 is 0 Å². The highest BCUT2D eigenvalue weighted by Crippen LogP contribution is 2.28. The van der Waals surface area contributed by atoms with Crippen molar-refractivity contribution in [3.05, 3.63) is 22.5 Å². The van der Waals surface area contributed by atoms with Crippen molar-refractivity contribution in [1.29, 1.82) is 0 Å². The zero-order valence-corrected chi connectivity index (χ0v) is 8.28. The topological polar surface area (TPSA) is 37.0 Å². The summed E-state index contributed by atoms with van der Waals surface area (Å²) in [6, 6.07) is 0. The van der Waals surface area contributed by atoms with Gasteiger partial charge in [-0.3, -0.25) is 4.98 Å². The van der Waals surface area contributed by atoms with E-state index in [0.717, 1.165) is 35.9 Å². The van der Waals surface area contributed by atoms with Gasteiger partial charge in [0.05, 0.1) is 22.6 Å². The third-order valence-corrected chi connectivity index (χ3v) is 2.74. The zero-order valence-electron chi connectivity index (χ0n) is 7.52. The predicted molar refractivity (Wildman–Crippen MR) is 54.2 cm³/mol. The monoisotopic (exact) mass is 197 g/mol. The van der Waals surface area contributed by atoms with Crippen molar-refractivity contribution in [3.63, 3.8) is 0 Å². The lowest BCUT2D eigenvalue weighted by atomic mass is 10.1. The second kappa shape index (κ2) is 3.52. The van der Waals surface area contributed by atoms with Crippen LogP contribution in [0.25, 0.3) is 0 Å². The van der Waals surface area contributed by atoms with Crippen molar-refractivity contribution in [3.8, 4) is 0 Å². The molecule has 0 spiro atoms. The molecule has 13 heavy (non-hydrogen) atoms. The van der Waals surface area contributed by atoms with Crippen molar-refractivity contribution >= 4 is 17.3 Å². The second-order valence-electron chi connectivity index (χ2n) is 3.09. The SMILES string of the molecule is CNc1cnc2c(c1Cl)CCNC2. The molecular weight excluding hydrogens is 186 g/mol. The van der Waals surface area contributed by atoms with Crippen LogP contribution in [0.2, 0.25) is 5.02 Å². The van der Waals surface area contributed by atoms with Crippen molar-refractivity contribution in [2.75, 3.05) is 18.9 Å². The molecule has 3 nitrogen and oxygen atoms in total. The highest BCUT2D eigenvalue weighted by Gasteiger charge is 2.15. The van der Waals surface area contributed by atoms with Crippen molar-refractivity contribution in [2.45, 2.75) is 13.0 Å². The van der Waals surface area contributed by atoms with E-state index in [-0.39, 0.29) is 0 Å². The van der Waals surface area contributed by atoms with E-state index in [1.807, 2.05) is 7.05 Å². The highest BCUT2D eigenvalue weighted by atomic mass is 35.5. The number of pyridine rings is 1. The van der Waals surface area contributed by atoms with E-state index in [9.17, 15) is 0 Å². The Kier molecular flexibility index (Phi) is 2.38. The van der Waals surface area contributed by atoms with Crippen LogP contribution in [-0.4, -0.2) is 18.6 Å². The fourth-order valence-corrected chi connectivity index (χ4v) is 1.91. The summed E-state index contributed by atoms with van der Waals surface area (Å²) in [6.07, 6.45) is 2.75. The van der Waals surface area contributed by atoms with Gasteiger partial charge in [-0.15, -0.1) is 0 Å². The number of fused-ring (bicyclic) bond motifs is 1. The van der Waals surface area contributed by atoms with Gasteiger partial charge in [-0.1, -0.05) is 11.6 Å². The molecule has 2 N–H and O–H groups in total. The van der Waals surface area contributed by atoms with Crippen LogP contribution in [0.1, 0.15) is 11.3 Å². The number of nitrogens with one attached hydrogen (secondary N) is 2. The molecule has 1 aliphatic heterocycles. The van der Waals surface area contributed by atoms with E-state index in [1.165, 1.54) is 5.56 Å². The van der Waals surface area contributed by atoms with Crippen molar-refractivity contribution in [2.24, 2.45) is 0 Å². The zero-order chi connectivity index (χ0) is 9.26. The van der Waals surface area contributed by atoms with Gasteiger partial charge in [-0.2, -0.15) is 0 Å². The van der Waals surface area contributed by atoms with Gasteiger partial charge in [0, 0.05) is 13.6 Å². The standard InChI is InChI=1S/C9H12ClN3/c1-11-8-5-13-7-4-12-3-2-6(7)9(8)10/h5,11-12H,2-4H2,1H3. The van der Waals surface area contributed by atoms with E-state index in [0.29, 0.717) is 0 Å². The molecule has 1 aromatic rings. The molecule has 2 heterocycles. The molecule has 0 amide bonds. The maximum atomic E-state index is 6.20. The fourth-order valence-electron chi connectivity index (χ4n) is 1.57. The molecule has 70 valence electrons. The number of aromatic nitrogens is 1. The first kappa shape index (κ1) is 8.78. The van der Waals surface area contributed by atoms with Gasteiger partial charge in [0.1, 0.15) is 0 Å².